The third-order valence-corrected chi connectivity index (χ3v) is 2.76. The van der Waals surface area contributed by atoms with Crippen molar-refractivity contribution in [1.82, 2.24) is 4.90 Å². The number of hydrogen-bond donors (Lipinski definition) is 1. The quantitative estimate of drug-likeness (QED) is 0.507. The number of esters is 1. The van der Waals surface area contributed by atoms with E-state index in [1.807, 2.05) is 0 Å². The van der Waals surface area contributed by atoms with E-state index in [0.717, 1.165) is 0 Å². The highest BCUT2D eigenvalue weighted by Crippen LogP contribution is 2.18. The zero-order chi connectivity index (χ0) is 15.3. The van der Waals surface area contributed by atoms with E-state index in [-0.39, 0.29) is 24.5 Å². The van der Waals surface area contributed by atoms with E-state index in [1.165, 1.54) is 24.0 Å². The summed E-state index contributed by atoms with van der Waals surface area (Å²) in [5.41, 5.74) is 5.99. The normalized spacial score (nSPS) is 10.2. The molecule has 0 bridgehead atoms. The number of ether oxygens (including phenoxy) is 1. The lowest BCUT2D eigenvalue weighted by molar-refractivity contribution is -0.128. The number of anilines is 1. The first-order valence-corrected chi connectivity index (χ1v) is 6.25. The lowest BCUT2D eigenvalue weighted by Gasteiger charge is -2.10. The van der Waals surface area contributed by atoms with Crippen LogP contribution in [-0.4, -0.2) is 37.5 Å². The number of benzene rings is 1. The SMILES string of the molecule is Cc1cc(N)cc(C(=O)OCCCC(=O)N(C)C)c1F. The number of rotatable bonds is 5. The van der Waals surface area contributed by atoms with Crippen LogP contribution in [0.25, 0.3) is 0 Å². The maximum Gasteiger partial charge on any atom is 0.341 e. The number of hydrogen-bond acceptors (Lipinski definition) is 4. The maximum atomic E-state index is 13.8. The fourth-order valence-corrected chi connectivity index (χ4v) is 1.64. The average Bonchev–Trinajstić information content (AvgIpc) is 2.38. The van der Waals surface area contributed by atoms with Crippen molar-refractivity contribution in [3.8, 4) is 0 Å². The smallest absolute Gasteiger partial charge is 0.341 e. The maximum absolute atomic E-state index is 13.8. The Balaban J connectivity index is 2.54. The minimum atomic E-state index is -0.768. The highest BCUT2D eigenvalue weighted by molar-refractivity contribution is 5.91. The highest BCUT2D eigenvalue weighted by Gasteiger charge is 2.16. The van der Waals surface area contributed by atoms with Gasteiger partial charge in [-0.15, -0.1) is 0 Å². The molecule has 2 N–H and O–H groups in total. The summed E-state index contributed by atoms with van der Waals surface area (Å²) in [7, 11) is 3.30. The average molecular weight is 282 g/mol. The van der Waals surface area contributed by atoms with E-state index in [4.69, 9.17) is 10.5 Å². The van der Waals surface area contributed by atoms with Crippen LogP contribution in [0, 0.1) is 12.7 Å². The number of amides is 1. The van der Waals surface area contributed by atoms with Gasteiger partial charge >= 0.3 is 5.97 Å². The molecule has 1 aromatic carbocycles. The molecule has 1 rings (SSSR count). The van der Waals surface area contributed by atoms with Crippen LogP contribution in [0.5, 0.6) is 0 Å². The Morgan fingerprint density at radius 2 is 2.00 bits per heavy atom. The number of carbonyl (C=O) groups is 2. The second kappa shape index (κ2) is 6.88. The molecule has 0 aromatic heterocycles. The predicted molar refractivity (Wildman–Crippen MR) is 73.8 cm³/mol. The summed E-state index contributed by atoms with van der Waals surface area (Å²) in [5.74, 6) is -1.45. The van der Waals surface area contributed by atoms with Gasteiger partial charge in [0.05, 0.1) is 12.2 Å². The van der Waals surface area contributed by atoms with Crippen LogP contribution < -0.4 is 5.73 Å². The summed E-state index contributed by atoms with van der Waals surface area (Å²) < 4.78 is 18.7. The molecule has 5 nitrogen and oxygen atoms in total. The van der Waals surface area contributed by atoms with Gasteiger partial charge in [0.1, 0.15) is 5.82 Å². The number of aryl methyl sites for hydroxylation is 1. The minimum Gasteiger partial charge on any atom is -0.462 e. The lowest BCUT2D eigenvalue weighted by atomic mass is 10.1. The fraction of sp³-hybridized carbons (Fsp3) is 0.429. The second-order valence-corrected chi connectivity index (χ2v) is 4.73. The van der Waals surface area contributed by atoms with E-state index in [2.05, 4.69) is 0 Å². The van der Waals surface area contributed by atoms with Crippen molar-refractivity contribution >= 4 is 17.6 Å². The van der Waals surface area contributed by atoms with E-state index in [0.29, 0.717) is 17.7 Å². The molecule has 0 atom stereocenters. The first-order chi connectivity index (χ1) is 9.32. The molecule has 1 amide bonds. The van der Waals surface area contributed by atoms with Crippen molar-refractivity contribution in [3.05, 3.63) is 29.1 Å². The summed E-state index contributed by atoms with van der Waals surface area (Å²) in [6, 6.07) is 2.69. The Morgan fingerprint density at radius 3 is 2.60 bits per heavy atom. The van der Waals surface area contributed by atoms with Gasteiger partial charge in [-0.3, -0.25) is 4.79 Å². The molecular weight excluding hydrogens is 263 g/mol. The van der Waals surface area contributed by atoms with Crippen molar-refractivity contribution in [2.45, 2.75) is 19.8 Å². The molecule has 1 aromatic rings. The summed E-state index contributed by atoms with van der Waals surface area (Å²) in [6.45, 7) is 1.59. The molecule has 20 heavy (non-hydrogen) atoms. The van der Waals surface area contributed by atoms with E-state index in [9.17, 15) is 14.0 Å². The highest BCUT2D eigenvalue weighted by atomic mass is 19.1. The summed E-state index contributed by atoms with van der Waals surface area (Å²) >= 11 is 0. The topological polar surface area (TPSA) is 72.6 Å². The predicted octanol–water partition coefficient (Wildman–Crippen LogP) is 1.74. The monoisotopic (exact) mass is 282 g/mol. The third-order valence-electron chi connectivity index (χ3n) is 2.76. The number of halogens is 1. The van der Waals surface area contributed by atoms with Gasteiger partial charge in [-0.1, -0.05) is 0 Å². The Hall–Kier alpha value is -2.11. The summed E-state index contributed by atoms with van der Waals surface area (Å²) in [5, 5.41) is 0. The zero-order valence-electron chi connectivity index (χ0n) is 11.9. The summed E-state index contributed by atoms with van der Waals surface area (Å²) in [4.78, 5) is 24.5. The molecular formula is C14H19FN2O3. The van der Waals surface area contributed by atoms with E-state index in [1.54, 1.807) is 14.1 Å². The molecule has 0 saturated carbocycles. The Morgan fingerprint density at radius 1 is 1.35 bits per heavy atom. The van der Waals surface area contributed by atoms with E-state index < -0.39 is 11.8 Å². The molecule has 0 fully saturated rings. The van der Waals surface area contributed by atoms with Crippen LogP contribution in [0.15, 0.2) is 12.1 Å². The lowest BCUT2D eigenvalue weighted by Crippen LogP contribution is -2.21. The molecule has 0 unspecified atom stereocenters. The fourth-order valence-electron chi connectivity index (χ4n) is 1.64. The standard InChI is InChI=1S/C14H19FN2O3/c1-9-7-10(16)8-11(13(9)15)14(19)20-6-4-5-12(18)17(2)3/h7-8H,4-6,16H2,1-3H3. The van der Waals surface area contributed by atoms with Gasteiger partial charge in [-0.25, -0.2) is 9.18 Å². The van der Waals surface area contributed by atoms with Crippen LogP contribution in [0.3, 0.4) is 0 Å². The first kappa shape index (κ1) is 15.9. The molecule has 0 aliphatic heterocycles. The number of carbonyl (C=O) groups excluding carboxylic acids is 2. The molecule has 0 spiro atoms. The van der Waals surface area contributed by atoms with Crippen molar-refractivity contribution in [2.75, 3.05) is 26.4 Å². The van der Waals surface area contributed by atoms with Crippen LogP contribution in [0.4, 0.5) is 10.1 Å². The molecule has 6 heteroatoms. The molecule has 0 aliphatic rings. The van der Waals surface area contributed by atoms with Crippen LogP contribution in [0.1, 0.15) is 28.8 Å². The summed E-state index contributed by atoms with van der Waals surface area (Å²) in [6.07, 6.45) is 0.671. The van der Waals surface area contributed by atoms with Gasteiger partial charge in [-0.05, 0) is 31.0 Å². The van der Waals surface area contributed by atoms with E-state index >= 15 is 0 Å². The van der Waals surface area contributed by atoms with Crippen molar-refractivity contribution in [1.29, 1.82) is 0 Å². The minimum absolute atomic E-state index is 0.0490. The van der Waals surface area contributed by atoms with Gasteiger partial charge in [0.25, 0.3) is 0 Å². The van der Waals surface area contributed by atoms with Gasteiger partial charge in [0, 0.05) is 26.2 Å². The Bertz CT molecular complexity index is 515. The Labute approximate surface area is 117 Å². The van der Waals surface area contributed by atoms with Crippen molar-refractivity contribution in [2.24, 2.45) is 0 Å². The largest absolute Gasteiger partial charge is 0.462 e. The van der Waals surface area contributed by atoms with Gasteiger partial charge < -0.3 is 15.4 Å². The molecule has 0 saturated heterocycles. The zero-order valence-corrected chi connectivity index (χ0v) is 11.9. The first-order valence-electron chi connectivity index (χ1n) is 6.25. The van der Waals surface area contributed by atoms with Crippen LogP contribution >= 0.6 is 0 Å². The van der Waals surface area contributed by atoms with Crippen LogP contribution in [-0.2, 0) is 9.53 Å². The van der Waals surface area contributed by atoms with Crippen molar-refractivity contribution in [3.63, 3.8) is 0 Å². The molecule has 0 heterocycles. The molecule has 110 valence electrons. The van der Waals surface area contributed by atoms with Gasteiger partial charge in [0.2, 0.25) is 5.91 Å². The molecule has 0 radical (unpaired) electrons. The number of nitrogens with zero attached hydrogens (tertiary/aromatic N) is 1. The van der Waals surface area contributed by atoms with Crippen molar-refractivity contribution < 1.29 is 18.7 Å². The van der Waals surface area contributed by atoms with Crippen LogP contribution in [0.2, 0.25) is 0 Å². The number of nitrogens with two attached hydrogens (primary N) is 1. The Kier molecular flexibility index (Phi) is 5.49. The number of nitrogen functional groups attached to an aromatic ring is 1. The third kappa shape index (κ3) is 4.22. The van der Waals surface area contributed by atoms with Gasteiger partial charge in [-0.2, -0.15) is 0 Å². The van der Waals surface area contributed by atoms with Gasteiger partial charge in [0.15, 0.2) is 0 Å². The molecule has 0 aliphatic carbocycles. The second-order valence-electron chi connectivity index (χ2n) is 4.73.